The lowest BCUT2D eigenvalue weighted by atomic mass is 9.32. The van der Waals surface area contributed by atoms with E-state index in [2.05, 4.69) is 40.7 Å². The highest BCUT2D eigenvalue weighted by Gasteiger charge is 2.71. The maximum Gasteiger partial charge on any atom is 0.306 e. The SMILES string of the molecule is CC1(C)C[C@H]2[C@H](CC[C@]3(C)[C@@H]2C(=O)CC2[C@@]4(C)C=C(C#N)C(=O)C(C)(C)[C@@H]4CC[C@]23C)[C@H](C(=O)O)C1. The minimum atomic E-state index is -0.704. The molecule has 5 rings (SSSR count). The van der Waals surface area contributed by atoms with Crippen LogP contribution in [0.25, 0.3) is 0 Å². The standard InChI is InChI=1S/C31H43NO4/c1-27(2)14-19-18(20(15-27)26(35)36)8-10-31(7)24(19)21(33)12-23-29(5)13-17(16-32)25(34)28(3,4)22(29)9-11-30(23,31)6/h13,18-20,22-24H,8-12,14-15H2,1-7H3,(H,35,36)/t18-,19-,20+,22-,23?,24-,29-,30+,31+/m0/s1. The van der Waals surface area contributed by atoms with E-state index in [1.807, 2.05) is 19.9 Å². The number of allylic oxidation sites excluding steroid dienone is 2. The van der Waals surface area contributed by atoms with E-state index < -0.39 is 16.8 Å². The highest BCUT2D eigenvalue weighted by atomic mass is 16.4. The maximum absolute atomic E-state index is 14.3. The molecule has 0 amide bonds. The van der Waals surface area contributed by atoms with Crippen LogP contribution in [-0.4, -0.2) is 22.6 Å². The topological polar surface area (TPSA) is 95.2 Å². The summed E-state index contributed by atoms with van der Waals surface area (Å²) in [6.07, 6.45) is 7.62. The second-order valence-corrected chi connectivity index (χ2v) is 15.1. The molecule has 0 aromatic carbocycles. The van der Waals surface area contributed by atoms with Crippen molar-refractivity contribution in [3.8, 4) is 6.07 Å². The average molecular weight is 494 g/mol. The van der Waals surface area contributed by atoms with Crippen molar-refractivity contribution in [3.63, 3.8) is 0 Å². The first-order valence-corrected chi connectivity index (χ1v) is 14.0. The number of fused-ring (bicyclic) bond motifs is 7. The van der Waals surface area contributed by atoms with Gasteiger partial charge in [0.25, 0.3) is 0 Å². The molecule has 0 spiro atoms. The Balaban J connectivity index is 1.61. The van der Waals surface area contributed by atoms with Crippen LogP contribution in [0.5, 0.6) is 0 Å². The number of ketones is 2. The fourth-order valence-electron chi connectivity index (χ4n) is 10.9. The molecular weight excluding hydrogens is 450 g/mol. The molecule has 0 bridgehead atoms. The predicted octanol–water partition coefficient (Wildman–Crippen LogP) is 6.23. The van der Waals surface area contributed by atoms with Gasteiger partial charge in [-0.05, 0) is 83.9 Å². The highest BCUT2D eigenvalue weighted by molar-refractivity contribution is 6.04. The van der Waals surface area contributed by atoms with E-state index in [9.17, 15) is 24.8 Å². The number of Topliss-reactive ketones (excluding diaryl/α,β-unsaturated/α-hetero) is 2. The van der Waals surface area contributed by atoms with Crippen molar-refractivity contribution in [1.82, 2.24) is 0 Å². The molecule has 36 heavy (non-hydrogen) atoms. The summed E-state index contributed by atoms with van der Waals surface area (Å²) >= 11 is 0. The van der Waals surface area contributed by atoms with Crippen LogP contribution >= 0.6 is 0 Å². The smallest absolute Gasteiger partial charge is 0.306 e. The van der Waals surface area contributed by atoms with Crippen molar-refractivity contribution in [1.29, 1.82) is 5.26 Å². The van der Waals surface area contributed by atoms with Gasteiger partial charge in [-0.25, -0.2) is 0 Å². The number of carboxylic acids is 1. The first-order chi connectivity index (χ1) is 16.5. The zero-order chi connectivity index (χ0) is 26.6. The molecule has 9 atom stereocenters. The molecule has 196 valence electrons. The largest absolute Gasteiger partial charge is 0.481 e. The minimum Gasteiger partial charge on any atom is -0.481 e. The van der Waals surface area contributed by atoms with E-state index in [0.29, 0.717) is 18.6 Å². The van der Waals surface area contributed by atoms with E-state index in [4.69, 9.17) is 0 Å². The molecule has 4 saturated carbocycles. The van der Waals surface area contributed by atoms with Gasteiger partial charge in [0.2, 0.25) is 0 Å². The van der Waals surface area contributed by atoms with Gasteiger partial charge < -0.3 is 5.11 Å². The second kappa shape index (κ2) is 7.55. The van der Waals surface area contributed by atoms with Gasteiger partial charge in [0.1, 0.15) is 11.9 Å². The lowest BCUT2D eigenvalue weighted by molar-refractivity contribution is -0.215. The number of nitriles is 1. The molecule has 4 fully saturated rings. The summed E-state index contributed by atoms with van der Waals surface area (Å²) in [5.74, 6) is -0.617. The number of carboxylic acid groups (broad SMARTS) is 1. The molecule has 5 aliphatic carbocycles. The molecule has 0 heterocycles. The summed E-state index contributed by atoms with van der Waals surface area (Å²) in [6, 6.07) is 2.19. The molecular formula is C31H43NO4. The molecule has 0 aliphatic heterocycles. The van der Waals surface area contributed by atoms with Gasteiger partial charge in [-0.1, -0.05) is 54.5 Å². The Labute approximate surface area is 216 Å². The third-order valence-electron chi connectivity index (χ3n) is 12.6. The van der Waals surface area contributed by atoms with E-state index in [1.54, 1.807) is 0 Å². The first-order valence-electron chi connectivity index (χ1n) is 14.0. The van der Waals surface area contributed by atoms with E-state index in [-0.39, 0.29) is 63.1 Å². The number of carbonyl (C=O) groups excluding carboxylic acids is 2. The van der Waals surface area contributed by atoms with Crippen LogP contribution < -0.4 is 0 Å². The zero-order valence-corrected chi connectivity index (χ0v) is 23.1. The van der Waals surface area contributed by atoms with Gasteiger partial charge in [0.15, 0.2) is 5.78 Å². The van der Waals surface area contributed by atoms with Gasteiger partial charge in [0, 0.05) is 17.8 Å². The predicted molar refractivity (Wildman–Crippen MR) is 136 cm³/mol. The molecule has 0 saturated heterocycles. The van der Waals surface area contributed by atoms with Crippen molar-refractivity contribution in [3.05, 3.63) is 11.6 Å². The molecule has 1 N–H and O–H groups in total. The number of rotatable bonds is 1. The second-order valence-electron chi connectivity index (χ2n) is 15.1. The maximum atomic E-state index is 14.3. The lowest BCUT2D eigenvalue weighted by Gasteiger charge is -2.71. The van der Waals surface area contributed by atoms with Crippen LogP contribution in [0, 0.1) is 73.9 Å². The third-order valence-corrected chi connectivity index (χ3v) is 12.6. The molecule has 1 unspecified atom stereocenters. The van der Waals surface area contributed by atoms with Crippen molar-refractivity contribution in [2.45, 2.75) is 93.4 Å². The number of hydrogen-bond acceptors (Lipinski definition) is 4. The Morgan fingerprint density at radius 2 is 1.58 bits per heavy atom. The highest BCUT2D eigenvalue weighted by Crippen LogP contribution is 2.74. The van der Waals surface area contributed by atoms with Crippen LogP contribution in [0.3, 0.4) is 0 Å². The monoisotopic (exact) mass is 493 g/mol. The van der Waals surface area contributed by atoms with Crippen LogP contribution in [0.2, 0.25) is 0 Å². The number of carbonyl (C=O) groups is 3. The van der Waals surface area contributed by atoms with Crippen molar-refractivity contribution in [2.75, 3.05) is 0 Å². The van der Waals surface area contributed by atoms with E-state index >= 15 is 0 Å². The molecule has 0 aromatic rings. The Kier molecular flexibility index (Phi) is 5.38. The van der Waals surface area contributed by atoms with E-state index in [1.165, 1.54) is 0 Å². The summed E-state index contributed by atoms with van der Waals surface area (Å²) < 4.78 is 0. The Morgan fingerprint density at radius 3 is 2.19 bits per heavy atom. The average Bonchev–Trinajstić information content (AvgIpc) is 2.76. The minimum absolute atomic E-state index is 0.0630. The summed E-state index contributed by atoms with van der Waals surface area (Å²) in [7, 11) is 0. The Morgan fingerprint density at radius 1 is 0.944 bits per heavy atom. The quantitative estimate of drug-likeness (QED) is 0.467. The van der Waals surface area contributed by atoms with Gasteiger partial charge in [0.05, 0.1) is 11.5 Å². The van der Waals surface area contributed by atoms with Gasteiger partial charge >= 0.3 is 5.97 Å². The summed E-state index contributed by atoms with van der Waals surface area (Å²) in [5, 5.41) is 20.0. The van der Waals surface area contributed by atoms with Gasteiger partial charge in [-0.2, -0.15) is 5.26 Å². The molecule has 0 radical (unpaired) electrons. The lowest BCUT2D eigenvalue weighted by Crippen LogP contribution is -2.68. The summed E-state index contributed by atoms with van der Waals surface area (Å²) in [4.78, 5) is 39.7. The van der Waals surface area contributed by atoms with Gasteiger partial charge in [-0.3, -0.25) is 14.4 Å². The van der Waals surface area contributed by atoms with Crippen LogP contribution in [0.15, 0.2) is 11.6 Å². The molecule has 5 nitrogen and oxygen atoms in total. The van der Waals surface area contributed by atoms with Crippen molar-refractivity contribution < 1.29 is 19.5 Å². The first kappa shape index (κ1) is 25.7. The Hall–Kier alpha value is -1.96. The van der Waals surface area contributed by atoms with Crippen LogP contribution in [-0.2, 0) is 14.4 Å². The number of aliphatic carboxylic acids is 1. The fourth-order valence-corrected chi connectivity index (χ4v) is 10.9. The molecule has 5 heteroatoms. The summed E-state index contributed by atoms with van der Waals surface area (Å²) in [5.41, 5.74) is -1.20. The normalized spacial score (nSPS) is 48.9. The molecule has 5 aliphatic rings. The van der Waals surface area contributed by atoms with E-state index in [0.717, 1.165) is 32.1 Å². The Bertz CT molecular complexity index is 1110. The number of nitrogens with zero attached hydrogens (tertiary/aromatic N) is 1. The van der Waals surface area contributed by atoms with Gasteiger partial charge in [-0.15, -0.1) is 0 Å². The van der Waals surface area contributed by atoms with Crippen LogP contribution in [0.4, 0.5) is 0 Å². The zero-order valence-electron chi connectivity index (χ0n) is 23.1. The fraction of sp³-hybridized carbons (Fsp3) is 0.806. The molecule has 0 aromatic heterocycles. The summed E-state index contributed by atoms with van der Waals surface area (Å²) in [6.45, 7) is 15.2. The van der Waals surface area contributed by atoms with Crippen LogP contribution in [0.1, 0.15) is 93.4 Å². The number of hydrogen-bond donors (Lipinski definition) is 1. The van der Waals surface area contributed by atoms with Crippen molar-refractivity contribution >= 4 is 17.5 Å². The third kappa shape index (κ3) is 3.08. The van der Waals surface area contributed by atoms with Crippen molar-refractivity contribution in [2.24, 2.45) is 62.6 Å².